The molecule has 2 heterocycles. The number of amides is 4. The predicted molar refractivity (Wildman–Crippen MR) is 119 cm³/mol. The molecule has 46 heavy (non-hydrogen) atoms. The maximum atomic E-state index is 13.9. The van der Waals surface area contributed by atoms with Gasteiger partial charge in [0.25, 0.3) is 29.2 Å². The van der Waals surface area contributed by atoms with Crippen molar-refractivity contribution in [1.82, 2.24) is 9.47 Å². The number of primary amides is 2. The topological polar surface area (TPSA) is 249 Å². The Morgan fingerprint density at radius 1 is 0.783 bits per heavy atom. The maximum Gasteiger partial charge on any atom is 1.00 e. The van der Waals surface area contributed by atoms with Gasteiger partial charge in [-0.25, -0.2) is 0 Å². The number of aliphatic carboxylic acids is 2. The summed E-state index contributed by atoms with van der Waals surface area (Å²) in [4.78, 5) is 82.7. The Kier molecular flexibility index (Phi) is 17.5. The minimum Gasteiger partial charge on any atom is -0.860 e. The van der Waals surface area contributed by atoms with Crippen LogP contribution >= 0.6 is 0 Å². The largest absolute Gasteiger partial charge is 1.00 e. The van der Waals surface area contributed by atoms with Crippen molar-refractivity contribution in [3.63, 3.8) is 0 Å². The molecule has 4 N–H and O–H groups in total. The molecule has 0 bridgehead atoms. The number of carboxylic acids is 2. The molecule has 0 aliphatic carbocycles. The zero-order chi connectivity index (χ0) is 33.2. The van der Waals surface area contributed by atoms with Crippen molar-refractivity contribution in [1.29, 1.82) is 0 Å². The van der Waals surface area contributed by atoms with Crippen molar-refractivity contribution < 1.29 is 159 Å². The van der Waals surface area contributed by atoms with Crippen molar-refractivity contribution in [3.8, 4) is 5.88 Å². The number of allylic oxidation sites excluding steroid dienone is 2. The summed E-state index contributed by atoms with van der Waals surface area (Å²) in [5.74, 6) is -13.5. The van der Waals surface area contributed by atoms with Gasteiger partial charge in [-0.05, 0) is 17.5 Å². The van der Waals surface area contributed by atoms with Gasteiger partial charge in [-0.15, -0.1) is 0 Å². The molecule has 1 aromatic rings. The first-order valence-corrected chi connectivity index (χ1v) is 11.2. The number of carboxylic acid groups (broad SMARTS) is 2. The number of carbonyl (C=O) groups is 6. The Balaban J connectivity index is 0. The number of hydrogen-bond acceptors (Lipinski definition) is 10. The van der Waals surface area contributed by atoms with Crippen LogP contribution in [-0.2, 0) is 36.7 Å². The summed E-state index contributed by atoms with van der Waals surface area (Å²) in [5.41, 5.74) is -3.57. The van der Waals surface area contributed by atoms with Crippen molar-refractivity contribution in [2.75, 3.05) is 6.54 Å². The molecule has 1 aliphatic rings. The smallest absolute Gasteiger partial charge is 0.860 e. The number of pyridine rings is 1. The third kappa shape index (κ3) is 10.3. The van der Waals surface area contributed by atoms with Gasteiger partial charge in [-0.1, -0.05) is 12.2 Å². The van der Waals surface area contributed by atoms with Crippen molar-refractivity contribution in [2.24, 2.45) is 11.5 Å². The first kappa shape index (κ1) is 45.7. The van der Waals surface area contributed by atoms with Gasteiger partial charge in [0.05, 0.1) is 16.7 Å². The van der Waals surface area contributed by atoms with Crippen molar-refractivity contribution in [3.05, 3.63) is 55.9 Å². The number of nitrogens with two attached hydrogens (primary N) is 2. The average molecular weight is 690 g/mol. The fourth-order valence-electron chi connectivity index (χ4n) is 3.85. The number of alkyl halides is 6. The minimum atomic E-state index is -5.69. The molecule has 1 aromatic heterocycles. The van der Waals surface area contributed by atoms with Crippen LogP contribution < -0.4 is 121 Å². The van der Waals surface area contributed by atoms with Gasteiger partial charge >= 0.3 is 101 Å². The fraction of sp³-hybridized carbons (Fsp3) is 0.261. The molecule has 0 spiro atoms. The van der Waals surface area contributed by atoms with E-state index in [4.69, 9.17) is 11.5 Å². The van der Waals surface area contributed by atoms with E-state index in [1.54, 1.807) is 0 Å². The molecule has 232 valence electrons. The second-order valence-electron chi connectivity index (χ2n) is 8.35. The third-order valence-electron chi connectivity index (χ3n) is 5.57. The van der Waals surface area contributed by atoms with E-state index in [1.165, 1.54) is 0 Å². The van der Waals surface area contributed by atoms with Gasteiger partial charge in [-0.2, -0.15) is 26.3 Å². The number of aromatic nitrogens is 1. The second-order valence-corrected chi connectivity index (χ2v) is 8.35. The Labute approximate surface area is 319 Å². The molecular weight excluding hydrogens is 675 g/mol. The van der Waals surface area contributed by atoms with E-state index in [2.05, 4.69) is 0 Å². The molecule has 14 nitrogen and oxygen atoms in total. The molecule has 0 fully saturated rings. The van der Waals surface area contributed by atoms with E-state index in [1.807, 2.05) is 0 Å². The third-order valence-corrected chi connectivity index (χ3v) is 5.57. The van der Waals surface area contributed by atoms with Gasteiger partial charge in [-0.3, -0.25) is 28.9 Å². The van der Waals surface area contributed by atoms with E-state index in [0.717, 1.165) is 0 Å². The monoisotopic (exact) mass is 690 g/mol. The zero-order valence-corrected chi connectivity index (χ0v) is 30.0. The number of imide groups is 1. The minimum absolute atomic E-state index is 0. The number of carbonyl (C=O) groups excluding carboxylic acids is 6. The second kappa shape index (κ2) is 17.6. The number of halogens is 6. The first-order chi connectivity index (χ1) is 19.6. The first-order valence-electron chi connectivity index (χ1n) is 11.2. The van der Waals surface area contributed by atoms with Gasteiger partial charge in [0.15, 0.2) is 0 Å². The summed E-state index contributed by atoms with van der Waals surface area (Å²) >= 11 is 0. The summed E-state index contributed by atoms with van der Waals surface area (Å²) in [6, 6.07) is 0. The zero-order valence-electron chi connectivity index (χ0n) is 24.0. The normalized spacial score (nSPS) is 14.5. The van der Waals surface area contributed by atoms with Gasteiger partial charge in [0, 0.05) is 37.9 Å². The summed E-state index contributed by atoms with van der Waals surface area (Å²) in [6.45, 7) is -2.26. The van der Waals surface area contributed by atoms with Crippen LogP contribution in [0.3, 0.4) is 0 Å². The molecule has 0 atom stereocenters. The van der Waals surface area contributed by atoms with Crippen LogP contribution in [0.5, 0.6) is 5.88 Å². The molecule has 23 heteroatoms. The van der Waals surface area contributed by atoms with Crippen LogP contribution in [0.1, 0.15) is 34.3 Å². The van der Waals surface area contributed by atoms with E-state index in [-0.39, 0.29) is 116 Å². The number of hydrogen-bond donors (Lipinski definition) is 2. The molecular formula is C23H15F6N4Na3O10. The average Bonchev–Trinajstić information content (AvgIpc) is 2.83. The van der Waals surface area contributed by atoms with E-state index >= 15 is 0 Å². The van der Waals surface area contributed by atoms with Crippen LogP contribution in [0.25, 0.3) is 6.08 Å². The molecule has 2 rings (SSSR count). The van der Waals surface area contributed by atoms with E-state index < -0.39 is 119 Å². The quantitative estimate of drug-likeness (QED) is 0.0771. The van der Waals surface area contributed by atoms with Crippen LogP contribution in [0.2, 0.25) is 0 Å². The van der Waals surface area contributed by atoms with Gasteiger partial charge in [0.1, 0.15) is 11.1 Å². The predicted octanol–water partition coefficient (Wildman–Crippen LogP) is -12.0. The van der Waals surface area contributed by atoms with Gasteiger partial charge in [0.2, 0.25) is 0 Å². The molecule has 0 unspecified atom stereocenters. The Bertz CT molecular complexity index is 1600. The molecule has 0 aromatic carbocycles. The Morgan fingerprint density at radius 3 is 1.70 bits per heavy atom. The summed E-state index contributed by atoms with van der Waals surface area (Å²) in [7, 11) is 0. The van der Waals surface area contributed by atoms with Crippen LogP contribution in [0, 0.1) is 0 Å². The summed E-state index contributed by atoms with van der Waals surface area (Å²) < 4.78 is 83.4. The Hall–Kier alpha value is -2.43. The standard InChI is InChI=1S/C23H18F6N4O10.3Na/c24-22(25,26)14-8(18(40)32(6-4-10(34)35)20(42)12(14)16(30)38)2-1-3-9-15(23(27,28)29)13(17(31)39)21(43)33(19(9)41)7-5-11(36)37;;;/h1-3,40H,4-7H2,(H2,30,38)(H2,31,39)(H,34,35)(H,36,37);;;/q;3*+1/p-3/b2-1?,9-3-;;;. The molecule has 0 radical (unpaired) electrons. The van der Waals surface area contributed by atoms with Crippen LogP contribution in [0.15, 0.2) is 33.7 Å². The maximum absolute atomic E-state index is 13.9. The summed E-state index contributed by atoms with van der Waals surface area (Å²) in [5, 5.41) is 34.3. The number of rotatable bonds is 10. The van der Waals surface area contributed by atoms with Gasteiger partial charge < -0.3 is 40.9 Å². The number of nitrogens with zero attached hydrogens (tertiary/aromatic N) is 2. The van der Waals surface area contributed by atoms with Crippen LogP contribution in [0.4, 0.5) is 26.3 Å². The Morgan fingerprint density at radius 2 is 1.28 bits per heavy atom. The van der Waals surface area contributed by atoms with E-state index in [0.29, 0.717) is 0 Å². The fourth-order valence-corrected chi connectivity index (χ4v) is 3.85. The molecule has 1 aliphatic heterocycles. The summed E-state index contributed by atoms with van der Waals surface area (Å²) in [6.07, 6.45) is -13.2. The van der Waals surface area contributed by atoms with Crippen molar-refractivity contribution in [2.45, 2.75) is 31.7 Å². The van der Waals surface area contributed by atoms with Crippen molar-refractivity contribution >= 4 is 41.6 Å². The molecule has 0 saturated carbocycles. The molecule has 4 amide bonds. The van der Waals surface area contributed by atoms with Crippen LogP contribution in [-0.4, -0.2) is 57.8 Å². The SMILES string of the molecule is NC(=O)C1=C(C(F)(F)F)/C(=C/C=Cc2c(C(F)(F)F)c(C(N)=O)c(=O)n(CCC(=O)[O-])c2[O-])C(=O)N(CCC(=O)[O-])C1=O.[Na+].[Na+].[Na+]. The molecule has 0 saturated heterocycles. The van der Waals surface area contributed by atoms with E-state index in [9.17, 15) is 75.2 Å².